The zero-order valence-corrected chi connectivity index (χ0v) is 10.3. The molecule has 1 aliphatic rings. The van der Waals surface area contributed by atoms with Crippen molar-refractivity contribution in [1.29, 1.82) is 5.26 Å². The van der Waals surface area contributed by atoms with E-state index in [1.54, 1.807) is 6.07 Å². The van der Waals surface area contributed by atoms with Crippen molar-refractivity contribution in [1.82, 2.24) is 0 Å². The minimum atomic E-state index is -4.85. The zero-order valence-electron chi connectivity index (χ0n) is 9.51. The Bertz CT molecular complexity index is 682. The molecule has 8 heteroatoms. The molecule has 0 aromatic heterocycles. The largest absolute Gasteiger partial charge is 0.308 e. The summed E-state index contributed by atoms with van der Waals surface area (Å²) < 4.78 is 48.0. The van der Waals surface area contributed by atoms with Crippen molar-refractivity contribution in [3.63, 3.8) is 0 Å². The van der Waals surface area contributed by atoms with Gasteiger partial charge >= 0.3 is 10.2 Å². The standard InChI is InChI=1S/C11H8F2N2O3S/c12-9-2-1-7(5-14)3-10(9)15-6-8(4-11(15)16)19(13,17)18/h1-3,8H,4,6H2. The van der Waals surface area contributed by atoms with Gasteiger partial charge in [-0.25, -0.2) is 4.39 Å². The lowest BCUT2D eigenvalue weighted by molar-refractivity contribution is -0.117. The number of nitrogens with zero attached hydrogens (tertiary/aromatic N) is 2. The summed E-state index contributed by atoms with van der Waals surface area (Å²) >= 11 is 0. The summed E-state index contributed by atoms with van der Waals surface area (Å²) in [4.78, 5) is 12.5. The topological polar surface area (TPSA) is 78.2 Å². The van der Waals surface area contributed by atoms with Gasteiger partial charge in [-0.2, -0.15) is 13.7 Å². The summed E-state index contributed by atoms with van der Waals surface area (Å²) in [6.07, 6.45) is -0.533. The van der Waals surface area contributed by atoms with E-state index in [4.69, 9.17) is 5.26 Å². The number of carbonyl (C=O) groups excluding carboxylic acids is 1. The fraction of sp³-hybridized carbons (Fsp3) is 0.273. The van der Waals surface area contributed by atoms with Crippen LogP contribution in [-0.4, -0.2) is 26.1 Å². The maximum atomic E-state index is 13.6. The highest BCUT2D eigenvalue weighted by atomic mass is 32.3. The van der Waals surface area contributed by atoms with Crippen LogP contribution in [0.15, 0.2) is 18.2 Å². The molecule has 0 bridgehead atoms. The van der Waals surface area contributed by atoms with E-state index in [0.717, 1.165) is 17.0 Å². The van der Waals surface area contributed by atoms with E-state index < -0.39 is 40.2 Å². The van der Waals surface area contributed by atoms with Crippen LogP contribution < -0.4 is 4.90 Å². The van der Waals surface area contributed by atoms with Gasteiger partial charge in [0.1, 0.15) is 11.1 Å². The fourth-order valence-corrected chi connectivity index (χ4v) is 2.55. The van der Waals surface area contributed by atoms with Crippen LogP contribution in [0.25, 0.3) is 0 Å². The van der Waals surface area contributed by atoms with Gasteiger partial charge in [0.05, 0.1) is 17.3 Å². The number of rotatable bonds is 2. The number of anilines is 1. The number of benzene rings is 1. The van der Waals surface area contributed by atoms with Crippen LogP contribution in [0.3, 0.4) is 0 Å². The van der Waals surface area contributed by atoms with Crippen LogP contribution in [0.2, 0.25) is 0 Å². The molecular weight excluding hydrogens is 278 g/mol. The van der Waals surface area contributed by atoms with Crippen molar-refractivity contribution >= 4 is 21.8 Å². The van der Waals surface area contributed by atoms with Gasteiger partial charge in [0.2, 0.25) is 5.91 Å². The molecule has 1 aliphatic heterocycles. The molecule has 0 aliphatic carbocycles. The monoisotopic (exact) mass is 286 g/mol. The summed E-state index contributed by atoms with van der Waals surface area (Å²) in [6.45, 7) is -0.455. The molecule has 1 aromatic rings. The van der Waals surface area contributed by atoms with E-state index in [0.29, 0.717) is 0 Å². The first kappa shape index (κ1) is 13.4. The summed E-state index contributed by atoms with van der Waals surface area (Å²) in [5.41, 5.74) is -0.0917. The molecule has 1 unspecified atom stereocenters. The Morgan fingerprint density at radius 3 is 2.63 bits per heavy atom. The second kappa shape index (κ2) is 4.59. The zero-order chi connectivity index (χ0) is 14.2. The highest BCUT2D eigenvalue weighted by molar-refractivity contribution is 7.87. The number of hydrogen-bond acceptors (Lipinski definition) is 4. The maximum absolute atomic E-state index is 13.6. The quantitative estimate of drug-likeness (QED) is 0.763. The first-order valence-electron chi connectivity index (χ1n) is 5.26. The Balaban J connectivity index is 2.39. The lowest BCUT2D eigenvalue weighted by Crippen LogP contribution is -2.27. The summed E-state index contributed by atoms with van der Waals surface area (Å²) in [5, 5.41) is 7.22. The number of halogens is 2. The molecule has 1 aromatic carbocycles. The van der Waals surface area contributed by atoms with Crippen LogP contribution in [0.5, 0.6) is 0 Å². The van der Waals surface area contributed by atoms with Crippen molar-refractivity contribution in [3.8, 4) is 6.07 Å². The molecule has 1 saturated heterocycles. The lowest BCUT2D eigenvalue weighted by atomic mass is 10.2. The molecule has 2 rings (SSSR count). The van der Waals surface area contributed by atoms with Gasteiger partial charge in [-0.05, 0) is 18.2 Å². The minimum Gasteiger partial charge on any atom is -0.308 e. The van der Waals surface area contributed by atoms with E-state index in [9.17, 15) is 21.5 Å². The minimum absolute atomic E-state index is 0.121. The third kappa shape index (κ3) is 2.56. The maximum Gasteiger partial charge on any atom is 0.307 e. The second-order valence-corrected chi connectivity index (χ2v) is 5.70. The Morgan fingerprint density at radius 1 is 1.42 bits per heavy atom. The van der Waals surface area contributed by atoms with Crippen molar-refractivity contribution < 1.29 is 21.5 Å². The van der Waals surface area contributed by atoms with Crippen LogP contribution in [0.4, 0.5) is 14.0 Å². The predicted molar refractivity (Wildman–Crippen MR) is 61.9 cm³/mol. The Kier molecular flexibility index (Phi) is 3.24. The summed E-state index contributed by atoms with van der Waals surface area (Å²) in [5.74, 6) is -1.47. The smallest absolute Gasteiger partial charge is 0.307 e. The van der Waals surface area contributed by atoms with Crippen molar-refractivity contribution in [2.75, 3.05) is 11.4 Å². The number of amides is 1. The van der Waals surface area contributed by atoms with Crippen molar-refractivity contribution in [2.45, 2.75) is 11.7 Å². The average molecular weight is 286 g/mol. The van der Waals surface area contributed by atoms with E-state index >= 15 is 0 Å². The first-order valence-corrected chi connectivity index (χ1v) is 6.71. The fourth-order valence-electron chi connectivity index (χ4n) is 1.89. The van der Waals surface area contributed by atoms with Gasteiger partial charge in [-0.3, -0.25) is 4.79 Å². The summed E-state index contributed by atoms with van der Waals surface area (Å²) in [7, 11) is -4.85. The molecule has 1 heterocycles. The molecule has 19 heavy (non-hydrogen) atoms. The molecule has 0 radical (unpaired) electrons. The average Bonchev–Trinajstić information content (AvgIpc) is 2.72. The van der Waals surface area contributed by atoms with Crippen molar-refractivity contribution in [3.05, 3.63) is 29.6 Å². The first-order chi connectivity index (χ1) is 8.82. The van der Waals surface area contributed by atoms with Crippen molar-refractivity contribution in [2.24, 2.45) is 0 Å². The van der Waals surface area contributed by atoms with Crippen LogP contribution in [0, 0.1) is 17.1 Å². The molecule has 0 saturated carbocycles. The lowest BCUT2D eigenvalue weighted by Gasteiger charge is -2.16. The second-order valence-electron chi connectivity index (χ2n) is 4.08. The Morgan fingerprint density at radius 2 is 2.11 bits per heavy atom. The number of carbonyl (C=O) groups is 1. The van der Waals surface area contributed by atoms with Gasteiger partial charge in [-0.1, -0.05) is 0 Å². The Hall–Kier alpha value is -2.01. The molecule has 1 amide bonds. The number of nitriles is 1. The Labute approximate surface area is 108 Å². The highest BCUT2D eigenvalue weighted by Crippen LogP contribution is 2.28. The molecule has 0 spiro atoms. The van der Waals surface area contributed by atoms with Gasteiger partial charge in [-0.15, -0.1) is 3.89 Å². The summed E-state index contributed by atoms with van der Waals surface area (Å²) in [6, 6.07) is 5.13. The van der Waals surface area contributed by atoms with E-state index in [2.05, 4.69) is 0 Å². The number of hydrogen-bond donors (Lipinski definition) is 0. The van der Waals surface area contributed by atoms with E-state index in [1.807, 2.05) is 0 Å². The van der Waals surface area contributed by atoms with Gasteiger partial charge in [0, 0.05) is 13.0 Å². The highest BCUT2D eigenvalue weighted by Gasteiger charge is 2.39. The van der Waals surface area contributed by atoms with E-state index in [1.165, 1.54) is 6.07 Å². The normalized spacial score (nSPS) is 19.5. The molecule has 1 atom stereocenters. The molecular formula is C11H8F2N2O3S. The van der Waals surface area contributed by atoms with Gasteiger partial charge in [0.25, 0.3) is 0 Å². The van der Waals surface area contributed by atoms with Gasteiger partial charge < -0.3 is 4.90 Å². The van der Waals surface area contributed by atoms with Crippen LogP contribution in [0.1, 0.15) is 12.0 Å². The SMILES string of the molecule is N#Cc1ccc(F)c(N2CC(S(=O)(=O)F)CC2=O)c1. The van der Waals surface area contributed by atoms with E-state index in [-0.39, 0.29) is 11.3 Å². The van der Waals surface area contributed by atoms with Crippen LogP contribution in [-0.2, 0) is 15.0 Å². The third-order valence-electron chi connectivity index (χ3n) is 2.85. The predicted octanol–water partition coefficient (Wildman–Crippen LogP) is 1.10. The molecule has 1 fully saturated rings. The molecule has 0 N–H and O–H groups in total. The van der Waals surface area contributed by atoms with Crippen LogP contribution >= 0.6 is 0 Å². The van der Waals surface area contributed by atoms with Gasteiger partial charge in [0.15, 0.2) is 0 Å². The third-order valence-corrected chi connectivity index (χ3v) is 3.97. The molecule has 100 valence electrons. The molecule has 5 nitrogen and oxygen atoms in total.